The van der Waals surface area contributed by atoms with E-state index in [-0.39, 0.29) is 29.0 Å². The lowest BCUT2D eigenvalue weighted by atomic mass is 10.0. The first kappa shape index (κ1) is 28.8. The van der Waals surface area contributed by atoms with E-state index in [0.717, 1.165) is 19.4 Å². The number of pyridine rings is 2. The predicted molar refractivity (Wildman–Crippen MR) is 160 cm³/mol. The second-order valence-corrected chi connectivity index (χ2v) is 10.8. The first-order chi connectivity index (χ1) is 19.1. The van der Waals surface area contributed by atoms with E-state index in [1.54, 1.807) is 50.8 Å². The Morgan fingerprint density at radius 1 is 1.18 bits per heavy atom. The van der Waals surface area contributed by atoms with E-state index in [0.29, 0.717) is 52.4 Å². The van der Waals surface area contributed by atoms with Crippen LogP contribution in [0.2, 0.25) is 0 Å². The van der Waals surface area contributed by atoms with Gasteiger partial charge in [0.05, 0.1) is 47.1 Å². The van der Waals surface area contributed by atoms with Gasteiger partial charge in [-0.15, -0.1) is 0 Å². The predicted octanol–water partition coefficient (Wildman–Crippen LogP) is 4.12. The summed E-state index contributed by atoms with van der Waals surface area (Å²) in [6, 6.07) is 4.74. The number of aryl methyl sites for hydroxylation is 1. The van der Waals surface area contributed by atoms with Gasteiger partial charge in [-0.05, 0) is 77.3 Å². The summed E-state index contributed by atoms with van der Waals surface area (Å²) in [5.74, 6) is -0.486. The first-order valence-corrected chi connectivity index (χ1v) is 13.6. The van der Waals surface area contributed by atoms with E-state index in [4.69, 9.17) is 0 Å². The number of nitrogens with one attached hydrogen (secondary N) is 3. The third-order valence-electron chi connectivity index (χ3n) is 7.33. The largest absolute Gasteiger partial charge is 0.329 e. The minimum atomic E-state index is -0.366. The lowest BCUT2D eigenvalue weighted by Crippen LogP contribution is -2.42. The van der Waals surface area contributed by atoms with Gasteiger partial charge in [0, 0.05) is 35.8 Å². The minimum absolute atomic E-state index is 0.000656. The summed E-state index contributed by atoms with van der Waals surface area (Å²) in [6.45, 7) is 11.1. The molecular formula is C30H37N7O3. The summed E-state index contributed by atoms with van der Waals surface area (Å²) in [5.41, 5.74) is 3.63. The number of likely N-dealkylation sites (tertiary alicyclic amines) is 1. The molecule has 0 aromatic carbocycles. The Bertz CT molecular complexity index is 1470. The first-order valence-electron chi connectivity index (χ1n) is 13.6. The van der Waals surface area contributed by atoms with E-state index in [1.807, 2.05) is 13.0 Å². The van der Waals surface area contributed by atoms with Crippen LogP contribution in [-0.2, 0) is 9.59 Å². The second-order valence-electron chi connectivity index (χ2n) is 10.8. The van der Waals surface area contributed by atoms with Crippen molar-refractivity contribution in [2.75, 3.05) is 23.7 Å². The van der Waals surface area contributed by atoms with E-state index in [9.17, 15) is 14.4 Å². The number of carbonyl (C=O) groups excluding carboxylic acids is 2. The van der Waals surface area contributed by atoms with Gasteiger partial charge in [0.2, 0.25) is 11.5 Å². The van der Waals surface area contributed by atoms with Crippen LogP contribution in [0.15, 0.2) is 62.6 Å². The Kier molecular flexibility index (Phi) is 8.89. The molecule has 210 valence electrons. The molecule has 10 nitrogen and oxygen atoms in total. The van der Waals surface area contributed by atoms with Crippen molar-refractivity contribution >= 4 is 41.3 Å². The highest BCUT2D eigenvalue weighted by molar-refractivity contribution is 6.21. The molecule has 0 saturated carbocycles. The molecule has 2 aromatic rings. The van der Waals surface area contributed by atoms with E-state index >= 15 is 0 Å². The van der Waals surface area contributed by atoms with Gasteiger partial charge in [0.15, 0.2) is 0 Å². The molecule has 2 amide bonds. The fourth-order valence-electron chi connectivity index (χ4n) is 4.76. The number of aliphatic imine (C=N–C) groups is 2. The summed E-state index contributed by atoms with van der Waals surface area (Å²) in [6.07, 6.45) is 11.0. The maximum atomic E-state index is 13.4. The molecule has 2 aromatic heterocycles. The number of anilines is 2. The molecule has 10 heteroatoms. The molecule has 2 aliphatic heterocycles. The molecule has 1 fully saturated rings. The number of hydrogen-bond donors (Lipinski definition) is 3. The third kappa shape index (κ3) is 7.06. The van der Waals surface area contributed by atoms with Crippen LogP contribution in [0.1, 0.15) is 58.2 Å². The lowest BCUT2D eigenvalue weighted by Gasteiger charge is -2.30. The number of nitrogens with zero attached hydrogens (tertiary/aromatic N) is 4. The minimum Gasteiger partial charge on any atom is -0.329 e. The van der Waals surface area contributed by atoms with E-state index < -0.39 is 0 Å². The SMILES string of the molecule is CCC1\C=C(c2cc[nH]c(=O)c2)/N=C\C(C)=C(/C(=O)Nc2cc(NC(=O)CN3CCCC3(C)C)cnc2C)C=N1. The van der Waals surface area contributed by atoms with Crippen LogP contribution in [0, 0.1) is 6.92 Å². The maximum Gasteiger partial charge on any atom is 0.257 e. The number of H-pyrrole nitrogens is 1. The quantitative estimate of drug-likeness (QED) is 0.483. The van der Waals surface area contributed by atoms with Crippen LogP contribution in [-0.4, -0.2) is 63.8 Å². The molecule has 3 N–H and O–H groups in total. The highest BCUT2D eigenvalue weighted by Crippen LogP contribution is 2.28. The number of hydrogen-bond acceptors (Lipinski definition) is 7. The zero-order chi connectivity index (χ0) is 28.9. The van der Waals surface area contributed by atoms with Crippen molar-refractivity contribution in [2.24, 2.45) is 9.98 Å². The van der Waals surface area contributed by atoms with Crippen LogP contribution in [0.25, 0.3) is 5.70 Å². The highest BCUT2D eigenvalue weighted by atomic mass is 16.2. The topological polar surface area (TPSA) is 132 Å². The van der Waals surface area contributed by atoms with Gasteiger partial charge < -0.3 is 15.6 Å². The van der Waals surface area contributed by atoms with Crippen LogP contribution in [0.3, 0.4) is 0 Å². The van der Waals surface area contributed by atoms with Gasteiger partial charge in [-0.25, -0.2) is 0 Å². The molecule has 4 heterocycles. The molecule has 1 unspecified atom stereocenters. The third-order valence-corrected chi connectivity index (χ3v) is 7.33. The smallest absolute Gasteiger partial charge is 0.257 e. The number of allylic oxidation sites excluding steroid dienone is 1. The Morgan fingerprint density at radius 2 is 1.98 bits per heavy atom. The Balaban J connectivity index is 1.53. The molecular weight excluding hydrogens is 506 g/mol. The summed E-state index contributed by atoms with van der Waals surface area (Å²) >= 11 is 0. The molecule has 0 bridgehead atoms. The fourth-order valence-corrected chi connectivity index (χ4v) is 4.76. The molecule has 0 spiro atoms. The number of carbonyl (C=O) groups is 2. The van der Waals surface area contributed by atoms with Crippen LogP contribution >= 0.6 is 0 Å². The van der Waals surface area contributed by atoms with Gasteiger partial charge in [-0.3, -0.25) is 34.3 Å². The van der Waals surface area contributed by atoms with Gasteiger partial charge in [-0.2, -0.15) is 0 Å². The monoisotopic (exact) mass is 543 g/mol. The zero-order valence-electron chi connectivity index (χ0n) is 23.7. The Hall–Kier alpha value is -4.18. The van der Waals surface area contributed by atoms with Crippen molar-refractivity contribution in [1.82, 2.24) is 14.9 Å². The molecule has 0 aliphatic carbocycles. The van der Waals surface area contributed by atoms with Crippen LogP contribution in [0.4, 0.5) is 11.4 Å². The van der Waals surface area contributed by atoms with Crippen molar-refractivity contribution in [2.45, 2.75) is 65.5 Å². The van der Waals surface area contributed by atoms with Crippen molar-refractivity contribution in [3.63, 3.8) is 0 Å². The molecule has 40 heavy (non-hydrogen) atoms. The van der Waals surface area contributed by atoms with Gasteiger partial charge in [0.1, 0.15) is 0 Å². The standard InChI is InChI=1S/C30H37N7O3/c1-6-22-13-26(21-8-10-31-27(38)12-21)34-15-19(2)24(17-33-22)29(40)36-25-14-23(16-32-20(25)3)35-28(39)18-37-11-7-9-30(37,4)5/h8,10,12-17,22H,6-7,9,11,18H2,1-5H3,(H,31,38)(H,35,39)(H,36,40)/b24-19-,26-13-,33-17?,34-15-. The van der Waals surface area contributed by atoms with Crippen molar-refractivity contribution < 1.29 is 9.59 Å². The zero-order valence-corrected chi connectivity index (χ0v) is 23.7. The average Bonchev–Trinajstić information content (AvgIpc) is 3.27. The van der Waals surface area contributed by atoms with E-state index in [2.05, 4.69) is 49.3 Å². The molecule has 0 radical (unpaired) electrons. The summed E-state index contributed by atoms with van der Waals surface area (Å²) in [5, 5.41) is 5.84. The van der Waals surface area contributed by atoms with Gasteiger partial charge in [0.25, 0.3) is 5.91 Å². The normalized spacial score (nSPS) is 22.9. The molecule has 4 rings (SSSR count). The summed E-state index contributed by atoms with van der Waals surface area (Å²) in [4.78, 5) is 56.4. The van der Waals surface area contributed by atoms with Crippen LogP contribution in [0.5, 0.6) is 0 Å². The number of aromatic amines is 1. The number of amides is 2. The summed E-state index contributed by atoms with van der Waals surface area (Å²) in [7, 11) is 0. The average molecular weight is 544 g/mol. The van der Waals surface area contributed by atoms with Crippen molar-refractivity contribution in [3.05, 3.63) is 69.4 Å². The van der Waals surface area contributed by atoms with Gasteiger partial charge >= 0.3 is 0 Å². The molecule has 1 atom stereocenters. The van der Waals surface area contributed by atoms with E-state index in [1.165, 1.54) is 6.07 Å². The molecule has 1 saturated heterocycles. The Morgan fingerprint density at radius 3 is 2.67 bits per heavy atom. The summed E-state index contributed by atoms with van der Waals surface area (Å²) < 4.78 is 0. The van der Waals surface area contributed by atoms with Gasteiger partial charge in [-0.1, -0.05) is 6.92 Å². The lowest BCUT2D eigenvalue weighted by molar-refractivity contribution is -0.118. The molecule has 2 aliphatic rings. The fraction of sp³-hybridized carbons (Fsp3) is 0.400. The maximum absolute atomic E-state index is 13.4. The number of aromatic nitrogens is 2. The van der Waals surface area contributed by atoms with Crippen LogP contribution < -0.4 is 16.2 Å². The highest BCUT2D eigenvalue weighted by Gasteiger charge is 2.32. The second kappa shape index (κ2) is 12.3. The van der Waals surface area contributed by atoms with Crippen molar-refractivity contribution in [1.29, 1.82) is 0 Å². The number of rotatable bonds is 7. The Labute approximate surface area is 234 Å². The van der Waals surface area contributed by atoms with Crippen molar-refractivity contribution in [3.8, 4) is 0 Å².